The lowest BCUT2D eigenvalue weighted by Crippen LogP contribution is -2.40. The number of halogens is 2. The van der Waals surface area contributed by atoms with Gasteiger partial charge in [0.15, 0.2) is 0 Å². The molecule has 0 aliphatic rings. The van der Waals surface area contributed by atoms with Crippen LogP contribution >= 0.6 is 23.2 Å². The smallest absolute Gasteiger partial charge is 0.333 e. The quantitative estimate of drug-likeness (QED) is 0.0629. The number of ether oxygens (including phenoxy) is 4. The van der Waals surface area contributed by atoms with Crippen molar-refractivity contribution in [1.82, 2.24) is 0 Å². The van der Waals surface area contributed by atoms with Crippen LogP contribution in [0.15, 0.2) is 109 Å². The molecule has 0 aromatic heterocycles. The molecular weight excluding hydrogens is 799 g/mol. The Morgan fingerprint density at radius 1 is 0.667 bits per heavy atom. The molecule has 2 unspecified atom stereocenters. The minimum absolute atomic E-state index is 0.0896. The van der Waals surface area contributed by atoms with Gasteiger partial charge in [-0.2, -0.15) is 0 Å². The van der Waals surface area contributed by atoms with Gasteiger partial charge in [0.2, 0.25) is 0 Å². The molecule has 0 aliphatic heterocycles. The van der Waals surface area contributed by atoms with Gasteiger partial charge in [-0.25, -0.2) is 9.59 Å². The molecule has 3 atom stereocenters. The average molecular weight is 860 g/mol. The molecule has 322 valence electrons. The molecule has 8 nitrogen and oxygen atoms in total. The Morgan fingerprint density at radius 3 is 1.60 bits per heavy atom. The number of carbonyl (C=O) groups excluding carboxylic acids is 2. The Morgan fingerprint density at radius 2 is 1.13 bits per heavy atom. The van der Waals surface area contributed by atoms with Crippen LogP contribution < -0.4 is 9.47 Å². The first-order valence-electron chi connectivity index (χ1n) is 20.5. The molecule has 0 saturated carbocycles. The summed E-state index contributed by atoms with van der Waals surface area (Å²) < 4.78 is 24.2. The van der Waals surface area contributed by atoms with Gasteiger partial charge in [0, 0.05) is 40.5 Å². The Labute approximate surface area is 366 Å². The summed E-state index contributed by atoms with van der Waals surface area (Å²) in [5.74, 6) is -0.173. The van der Waals surface area contributed by atoms with Crippen LogP contribution in [0.1, 0.15) is 98.6 Å². The SMILES string of the molecule is C=C(C)C(=O)OCC(O)CC(CC)(CC)Oc1c(Cl)cc(C(C)(C)c2cc(Cl)c(OCC(O)C[C@@](C)(CC)OC(=O)C(=C)C)c(-c3ccccc3)c2)cc1-c1ccccc1. The summed E-state index contributed by atoms with van der Waals surface area (Å²) in [6, 6.07) is 27.5. The van der Waals surface area contributed by atoms with Crippen LogP contribution in [0.5, 0.6) is 11.5 Å². The van der Waals surface area contributed by atoms with Crippen molar-refractivity contribution < 1.29 is 38.7 Å². The largest absolute Gasteiger partial charge is 0.489 e. The van der Waals surface area contributed by atoms with Crippen molar-refractivity contribution in [2.24, 2.45) is 0 Å². The number of rotatable bonds is 21. The molecule has 2 N–H and O–H groups in total. The maximum atomic E-state index is 12.3. The van der Waals surface area contributed by atoms with E-state index in [1.165, 1.54) is 0 Å². The minimum Gasteiger partial charge on any atom is -0.489 e. The van der Waals surface area contributed by atoms with E-state index in [1.807, 2.05) is 93.6 Å². The van der Waals surface area contributed by atoms with Crippen molar-refractivity contribution in [3.63, 3.8) is 0 Å². The van der Waals surface area contributed by atoms with Crippen LogP contribution in [-0.4, -0.2) is 58.8 Å². The number of aliphatic hydroxyl groups is 2. The summed E-state index contributed by atoms with van der Waals surface area (Å²) in [5.41, 5.74) is 3.19. The minimum atomic E-state index is -0.980. The fourth-order valence-corrected chi connectivity index (χ4v) is 7.55. The van der Waals surface area contributed by atoms with Crippen molar-refractivity contribution in [2.45, 2.75) is 116 Å². The van der Waals surface area contributed by atoms with Crippen LogP contribution in [0.25, 0.3) is 22.3 Å². The fraction of sp³-hybridized carbons (Fsp3) is 0.400. The van der Waals surface area contributed by atoms with E-state index in [2.05, 4.69) is 39.1 Å². The molecule has 0 spiro atoms. The van der Waals surface area contributed by atoms with Gasteiger partial charge in [0.25, 0.3) is 0 Å². The van der Waals surface area contributed by atoms with E-state index in [0.29, 0.717) is 40.8 Å². The molecule has 0 amide bonds. The van der Waals surface area contributed by atoms with E-state index in [4.69, 9.17) is 42.1 Å². The Hall–Kier alpha value is -4.60. The molecule has 4 aromatic rings. The maximum absolute atomic E-state index is 12.3. The van der Waals surface area contributed by atoms with Crippen molar-refractivity contribution in [3.8, 4) is 33.8 Å². The van der Waals surface area contributed by atoms with E-state index in [1.54, 1.807) is 20.8 Å². The summed E-state index contributed by atoms with van der Waals surface area (Å²) in [7, 11) is 0. The third-order valence-electron chi connectivity index (χ3n) is 11.2. The second-order valence-electron chi connectivity index (χ2n) is 16.4. The molecule has 4 rings (SSSR count). The van der Waals surface area contributed by atoms with Crippen LogP contribution in [0, 0.1) is 0 Å². The zero-order valence-electron chi connectivity index (χ0n) is 36.2. The molecular formula is C50H60Cl2O8. The summed E-state index contributed by atoms with van der Waals surface area (Å²) in [6.07, 6.45) is 0.00451. The molecule has 0 aliphatic carbocycles. The highest BCUT2D eigenvalue weighted by molar-refractivity contribution is 6.33. The monoisotopic (exact) mass is 858 g/mol. The molecule has 0 radical (unpaired) electrons. The summed E-state index contributed by atoms with van der Waals surface area (Å²) in [5, 5.41) is 22.9. The van der Waals surface area contributed by atoms with E-state index in [9.17, 15) is 19.8 Å². The molecule has 60 heavy (non-hydrogen) atoms. The second-order valence-corrected chi connectivity index (χ2v) is 17.2. The molecule has 0 saturated heterocycles. The Bertz CT molecular complexity index is 2130. The van der Waals surface area contributed by atoms with Crippen molar-refractivity contribution in [3.05, 3.63) is 130 Å². The maximum Gasteiger partial charge on any atom is 0.333 e. The number of hydrogen-bond acceptors (Lipinski definition) is 8. The number of benzene rings is 4. The normalized spacial score (nSPS) is 13.7. The number of carbonyl (C=O) groups is 2. The van der Waals surface area contributed by atoms with Crippen LogP contribution in [0.3, 0.4) is 0 Å². The molecule has 4 aromatic carbocycles. The van der Waals surface area contributed by atoms with Gasteiger partial charge in [-0.1, -0.05) is 132 Å². The first kappa shape index (κ1) is 48.1. The Balaban J connectivity index is 1.75. The summed E-state index contributed by atoms with van der Waals surface area (Å²) >= 11 is 14.4. The predicted octanol–water partition coefficient (Wildman–Crippen LogP) is 11.9. The standard InChI is InChI=1S/C50H60Cl2O8/c1-11-49(10,60-47(56)33(6)7)28-38(53)30-57-44-40(34-20-16-14-17-21-34)24-36(26-42(44)51)48(8,9)37-25-41(35-22-18-15-19-23-35)45(43(52)27-37)59-50(12-2,13-3)29-39(54)31-58-46(55)32(4)5/h14-27,38-39,53-54H,4,6,11-13,28-31H2,1-3,5,7-10H3/t38?,39?,49-/m1/s1. The summed E-state index contributed by atoms with van der Waals surface area (Å²) in [6.45, 7) is 22.0. The average Bonchev–Trinajstić information content (AvgIpc) is 3.22. The third kappa shape index (κ3) is 12.0. The van der Waals surface area contributed by atoms with Gasteiger partial charge >= 0.3 is 11.9 Å². The lowest BCUT2D eigenvalue weighted by molar-refractivity contribution is -0.156. The molecule has 0 fully saturated rings. The number of esters is 2. The number of hydrogen-bond donors (Lipinski definition) is 2. The topological polar surface area (TPSA) is 112 Å². The van der Waals surface area contributed by atoms with E-state index in [-0.39, 0.29) is 37.2 Å². The fourth-order valence-electron chi connectivity index (χ4n) is 7.02. The van der Waals surface area contributed by atoms with Gasteiger partial charge in [-0.05, 0) is 86.6 Å². The van der Waals surface area contributed by atoms with Crippen molar-refractivity contribution in [2.75, 3.05) is 13.2 Å². The third-order valence-corrected chi connectivity index (χ3v) is 11.8. The van der Waals surface area contributed by atoms with Crippen molar-refractivity contribution >= 4 is 35.1 Å². The highest BCUT2D eigenvalue weighted by atomic mass is 35.5. The molecule has 0 bridgehead atoms. The zero-order chi connectivity index (χ0) is 44.4. The number of aliphatic hydroxyl groups excluding tert-OH is 2. The first-order valence-corrected chi connectivity index (χ1v) is 21.2. The lowest BCUT2D eigenvalue weighted by atomic mass is 9.76. The van der Waals surface area contributed by atoms with Gasteiger partial charge in [-0.3, -0.25) is 0 Å². The molecule has 0 heterocycles. The van der Waals surface area contributed by atoms with E-state index in [0.717, 1.165) is 33.4 Å². The molecule has 10 heteroatoms. The predicted molar refractivity (Wildman–Crippen MR) is 242 cm³/mol. The van der Waals surface area contributed by atoms with Crippen LogP contribution in [0.2, 0.25) is 10.0 Å². The Kier molecular flexibility index (Phi) is 16.6. The van der Waals surface area contributed by atoms with Gasteiger partial charge in [0.05, 0.1) is 22.3 Å². The second kappa shape index (κ2) is 20.8. The zero-order valence-corrected chi connectivity index (χ0v) is 37.7. The highest BCUT2D eigenvalue weighted by Gasteiger charge is 2.36. The van der Waals surface area contributed by atoms with Crippen molar-refractivity contribution in [1.29, 1.82) is 0 Å². The van der Waals surface area contributed by atoms with Crippen LogP contribution in [-0.2, 0) is 24.5 Å². The van der Waals surface area contributed by atoms with E-state index >= 15 is 0 Å². The summed E-state index contributed by atoms with van der Waals surface area (Å²) in [4.78, 5) is 24.4. The van der Waals surface area contributed by atoms with E-state index < -0.39 is 40.8 Å². The van der Waals surface area contributed by atoms with Crippen LogP contribution in [0.4, 0.5) is 0 Å². The van der Waals surface area contributed by atoms with Gasteiger partial charge in [-0.15, -0.1) is 0 Å². The highest BCUT2D eigenvalue weighted by Crippen LogP contribution is 2.47. The van der Waals surface area contributed by atoms with Gasteiger partial charge in [0.1, 0.15) is 35.9 Å². The lowest BCUT2D eigenvalue weighted by Gasteiger charge is -2.36. The van der Waals surface area contributed by atoms with Gasteiger partial charge < -0.3 is 29.2 Å². The first-order chi connectivity index (χ1) is 28.3.